The van der Waals surface area contributed by atoms with Gasteiger partial charge in [0.15, 0.2) is 0 Å². The van der Waals surface area contributed by atoms with Gasteiger partial charge in [0, 0.05) is 36.0 Å². The highest BCUT2D eigenvalue weighted by atomic mass is 35.5. The normalized spacial score (nSPS) is 18.1. The molecule has 0 saturated carbocycles. The summed E-state index contributed by atoms with van der Waals surface area (Å²) in [4.78, 5) is 15.0. The van der Waals surface area contributed by atoms with Crippen molar-refractivity contribution in [2.45, 2.75) is 19.3 Å². The Morgan fingerprint density at radius 2 is 1.94 bits per heavy atom. The largest absolute Gasteiger partial charge is 0.378 e. The van der Waals surface area contributed by atoms with Gasteiger partial charge in [-0.1, -0.05) is 48.0 Å². The van der Waals surface area contributed by atoms with Gasteiger partial charge in [0.2, 0.25) is 5.91 Å². The van der Waals surface area contributed by atoms with Gasteiger partial charge in [-0.15, -0.1) is 10.2 Å². The number of morpholine rings is 1. The van der Waals surface area contributed by atoms with Crippen molar-refractivity contribution in [3.63, 3.8) is 0 Å². The lowest BCUT2D eigenvalue weighted by Crippen LogP contribution is -2.41. The summed E-state index contributed by atoms with van der Waals surface area (Å²) >= 11 is 6.32. The molecule has 2 aliphatic rings. The Bertz CT molecular complexity index is 1160. The summed E-state index contributed by atoms with van der Waals surface area (Å²) in [5.41, 5.74) is 4.13. The number of carbonyl (C=O) groups excluding carboxylic acids is 1. The second-order valence-electron chi connectivity index (χ2n) is 7.85. The van der Waals surface area contributed by atoms with Crippen LogP contribution >= 0.6 is 11.6 Å². The molecular formula is C24H23ClN4O2. The number of aromatic nitrogens is 3. The predicted molar refractivity (Wildman–Crippen MR) is 119 cm³/mol. The number of hydrogen-bond acceptors (Lipinski definition) is 4. The van der Waals surface area contributed by atoms with Crippen molar-refractivity contribution in [3.05, 3.63) is 82.4 Å². The Balaban J connectivity index is 1.64. The number of aryl methyl sites for hydroxylation is 1. The highest BCUT2D eigenvalue weighted by molar-refractivity contribution is 6.30. The minimum absolute atomic E-state index is 0.105. The molecule has 31 heavy (non-hydrogen) atoms. The van der Waals surface area contributed by atoms with E-state index < -0.39 is 0 Å². The molecule has 0 radical (unpaired) electrons. The van der Waals surface area contributed by atoms with E-state index in [0.717, 1.165) is 34.0 Å². The standard InChI is InChI=1S/C24H23ClN4O2/c1-16-26-27-24-18(15-23(30)28-9-11-31-12-10-28)14-21(17-5-4-6-19(25)13-17)20-7-2-3-8-22(20)29(16)24/h2-8,13-14,18H,9-12,15H2,1H3/t18-/m1/s1. The first-order valence-corrected chi connectivity index (χ1v) is 10.8. The molecule has 0 spiro atoms. The van der Waals surface area contributed by atoms with E-state index in [4.69, 9.17) is 16.3 Å². The number of amides is 1. The lowest BCUT2D eigenvalue weighted by atomic mass is 9.92. The summed E-state index contributed by atoms with van der Waals surface area (Å²) in [5, 5.41) is 9.50. The third-order valence-corrected chi connectivity index (χ3v) is 6.11. The lowest BCUT2D eigenvalue weighted by Gasteiger charge is -2.28. The van der Waals surface area contributed by atoms with E-state index in [0.29, 0.717) is 37.7 Å². The minimum atomic E-state index is -0.210. The third-order valence-electron chi connectivity index (χ3n) is 5.88. The third kappa shape index (κ3) is 3.77. The van der Waals surface area contributed by atoms with E-state index in [9.17, 15) is 4.79 Å². The summed E-state index contributed by atoms with van der Waals surface area (Å²) in [6.07, 6.45) is 2.48. The van der Waals surface area contributed by atoms with Crippen LogP contribution in [-0.4, -0.2) is 51.9 Å². The van der Waals surface area contributed by atoms with Crippen molar-refractivity contribution in [2.24, 2.45) is 0 Å². The smallest absolute Gasteiger partial charge is 0.223 e. The number of rotatable bonds is 3. The van der Waals surface area contributed by atoms with Gasteiger partial charge in [-0.2, -0.15) is 0 Å². The molecule has 1 fully saturated rings. The van der Waals surface area contributed by atoms with Crippen molar-refractivity contribution >= 4 is 23.1 Å². The Morgan fingerprint density at radius 1 is 1.13 bits per heavy atom. The lowest BCUT2D eigenvalue weighted by molar-refractivity contribution is -0.135. The zero-order valence-electron chi connectivity index (χ0n) is 17.3. The first-order chi connectivity index (χ1) is 15.1. The van der Waals surface area contributed by atoms with Gasteiger partial charge in [0.1, 0.15) is 11.6 Å². The molecule has 5 rings (SSSR count). The van der Waals surface area contributed by atoms with Crippen LogP contribution in [0.3, 0.4) is 0 Å². The van der Waals surface area contributed by atoms with E-state index in [-0.39, 0.29) is 11.8 Å². The van der Waals surface area contributed by atoms with E-state index >= 15 is 0 Å². The number of ether oxygens (including phenoxy) is 1. The predicted octanol–water partition coefficient (Wildman–Crippen LogP) is 4.01. The summed E-state index contributed by atoms with van der Waals surface area (Å²) in [6, 6.07) is 16.0. The average molecular weight is 435 g/mol. The SMILES string of the molecule is Cc1nnc2n1-c1ccccc1C(c1cccc(Cl)c1)=C[C@@H]2CC(=O)N1CCOCC1. The number of para-hydroxylation sites is 1. The van der Waals surface area contributed by atoms with E-state index in [2.05, 4.69) is 39.0 Å². The van der Waals surface area contributed by atoms with Crippen molar-refractivity contribution in [1.82, 2.24) is 19.7 Å². The Kier molecular flexibility index (Phi) is 5.34. The maximum Gasteiger partial charge on any atom is 0.223 e. The van der Waals surface area contributed by atoms with Crippen molar-refractivity contribution in [2.75, 3.05) is 26.3 Å². The van der Waals surface area contributed by atoms with Crippen LogP contribution in [0.4, 0.5) is 0 Å². The summed E-state index contributed by atoms with van der Waals surface area (Å²) < 4.78 is 7.47. The molecular weight excluding hydrogens is 412 g/mol. The molecule has 1 atom stereocenters. The zero-order chi connectivity index (χ0) is 21.4. The maximum atomic E-state index is 13.1. The molecule has 7 heteroatoms. The molecule has 2 aromatic carbocycles. The summed E-state index contributed by atoms with van der Waals surface area (Å²) in [7, 11) is 0. The fourth-order valence-corrected chi connectivity index (χ4v) is 4.56. The maximum absolute atomic E-state index is 13.1. The van der Waals surface area contributed by atoms with Crippen LogP contribution in [0.1, 0.15) is 35.1 Å². The van der Waals surface area contributed by atoms with Gasteiger partial charge in [-0.05, 0) is 36.3 Å². The summed E-state index contributed by atoms with van der Waals surface area (Å²) in [6.45, 7) is 4.37. The number of allylic oxidation sites excluding steroid dienone is 1. The molecule has 3 heterocycles. The van der Waals surface area contributed by atoms with Crippen LogP contribution in [0.15, 0.2) is 54.6 Å². The zero-order valence-corrected chi connectivity index (χ0v) is 18.0. The van der Waals surface area contributed by atoms with Gasteiger partial charge in [-0.3, -0.25) is 9.36 Å². The molecule has 1 saturated heterocycles. The van der Waals surface area contributed by atoms with Crippen LogP contribution < -0.4 is 0 Å². The van der Waals surface area contributed by atoms with Crippen molar-refractivity contribution in [3.8, 4) is 5.69 Å². The second kappa shape index (κ2) is 8.29. The molecule has 0 N–H and O–H groups in total. The van der Waals surface area contributed by atoms with E-state index in [1.807, 2.05) is 42.2 Å². The minimum Gasteiger partial charge on any atom is -0.378 e. The van der Waals surface area contributed by atoms with Gasteiger partial charge >= 0.3 is 0 Å². The van der Waals surface area contributed by atoms with Gasteiger partial charge < -0.3 is 9.64 Å². The molecule has 158 valence electrons. The van der Waals surface area contributed by atoms with Gasteiger partial charge in [0.25, 0.3) is 0 Å². The van der Waals surface area contributed by atoms with E-state index in [1.165, 1.54) is 0 Å². The first-order valence-electron chi connectivity index (χ1n) is 10.5. The number of halogens is 1. The van der Waals surface area contributed by atoms with Crippen LogP contribution in [0.2, 0.25) is 5.02 Å². The highest BCUT2D eigenvalue weighted by Gasteiger charge is 2.30. The number of carbonyl (C=O) groups is 1. The fraction of sp³-hybridized carbons (Fsp3) is 0.292. The second-order valence-corrected chi connectivity index (χ2v) is 8.29. The Labute approximate surface area is 186 Å². The topological polar surface area (TPSA) is 60.2 Å². The fourth-order valence-electron chi connectivity index (χ4n) is 4.37. The Hall–Kier alpha value is -2.96. The van der Waals surface area contributed by atoms with Crippen LogP contribution in [0.25, 0.3) is 11.3 Å². The Morgan fingerprint density at radius 3 is 2.74 bits per heavy atom. The van der Waals surface area contributed by atoms with Crippen LogP contribution in [0.5, 0.6) is 0 Å². The molecule has 6 nitrogen and oxygen atoms in total. The average Bonchev–Trinajstić information content (AvgIpc) is 3.11. The summed E-state index contributed by atoms with van der Waals surface area (Å²) in [5.74, 6) is 1.47. The first kappa shape index (κ1) is 20.0. The highest BCUT2D eigenvalue weighted by Crippen LogP contribution is 2.38. The van der Waals surface area contributed by atoms with Crippen molar-refractivity contribution < 1.29 is 9.53 Å². The van der Waals surface area contributed by atoms with Crippen molar-refractivity contribution in [1.29, 1.82) is 0 Å². The molecule has 1 aromatic heterocycles. The number of benzene rings is 2. The van der Waals surface area contributed by atoms with Gasteiger partial charge in [0.05, 0.1) is 18.9 Å². The molecule has 0 bridgehead atoms. The van der Waals surface area contributed by atoms with Crippen LogP contribution in [-0.2, 0) is 9.53 Å². The van der Waals surface area contributed by atoms with Crippen LogP contribution in [0, 0.1) is 6.92 Å². The number of hydrogen-bond donors (Lipinski definition) is 0. The molecule has 3 aromatic rings. The quantitative estimate of drug-likeness (QED) is 0.625. The monoisotopic (exact) mass is 434 g/mol. The van der Waals surface area contributed by atoms with E-state index in [1.54, 1.807) is 0 Å². The van der Waals surface area contributed by atoms with Gasteiger partial charge in [-0.25, -0.2) is 0 Å². The number of nitrogens with zero attached hydrogens (tertiary/aromatic N) is 4. The molecule has 1 amide bonds. The molecule has 0 aliphatic carbocycles. The number of fused-ring (bicyclic) bond motifs is 3. The molecule has 2 aliphatic heterocycles. The molecule has 0 unspecified atom stereocenters.